The van der Waals surface area contributed by atoms with Gasteiger partial charge in [-0.25, -0.2) is 0 Å². The van der Waals surface area contributed by atoms with E-state index in [9.17, 15) is 10.1 Å². The monoisotopic (exact) mass is 321 g/mol. The number of anilines is 1. The molecule has 1 saturated heterocycles. The Hall–Kier alpha value is -1.03. The molecule has 3 rings (SSSR count). The molecular weight excluding hydrogens is 302 g/mol. The molecular formula is C15H19N3OS2. The first-order chi connectivity index (χ1) is 10.3. The van der Waals surface area contributed by atoms with E-state index in [-0.39, 0.29) is 5.91 Å². The van der Waals surface area contributed by atoms with Crippen LogP contribution in [0.2, 0.25) is 0 Å². The number of nitrogens with one attached hydrogen (secondary N) is 2. The molecule has 1 aromatic rings. The van der Waals surface area contributed by atoms with Crippen molar-refractivity contribution in [2.24, 2.45) is 5.92 Å². The van der Waals surface area contributed by atoms with Crippen LogP contribution < -0.4 is 10.6 Å². The fourth-order valence-corrected chi connectivity index (χ4v) is 5.32. The first-order valence-corrected chi connectivity index (χ1v) is 9.38. The van der Waals surface area contributed by atoms with E-state index in [0.29, 0.717) is 17.9 Å². The number of hydrogen-bond acceptors (Lipinski definition) is 5. The topological polar surface area (TPSA) is 64.9 Å². The van der Waals surface area contributed by atoms with E-state index in [1.807, 2.05) is 11.8 Å². The predicted octanol–water partition coefficient (Wildman–Crippen LogP) is 2.74. The number of carbonyl (C=O) groups is 1. The number of hydrogen-bond donors (Lipinski definition) is 2. The summed E-state index contributed by atoms with van der Waals surface area (Å²) < 4.78 is 0. The maximum absolute atomic E-state index is 12.2. The Morgan fingerprint density at radius 2 is 2.24 bits per heavy atom. The van der Waals surface area contributed by atoms with Crippen molar-refractivity contribution in [3.63, 3.8) is 0 Å². The average Bonchev–Trinajstić information content (AvgIpc) is 2.85. The van der Waals surface area contributed by atoms with E-state index in [1.54, 1.807) is 11.3 Å². The third kappa shape index (κ3) is 3.42. The molecule has 2 aliphatic heterocycles. The molecule has 1 fully saturated rings. The molecule has 0 radical (unpaired) electrons. The van der Waals surface area contributed by atoms with Crippen LogP contribution in [0.1, 0.15) is 35.3 Å². The lowest BCUT2D eigenvalue weighted by molar-refractivity contribution is -0.117. The third-order valence-corrected chi connectivity index (χ3v) is 6.30. The second kappa shape index (κ2) is 6.82. The Kier molecular flexibility index (Phi) is 4.84. The molecule has 0 aliphatic carbocycles. The number of amides is 1. The van der Waals surface area contributed by atoms with Gasteiger partial charge in [-0.3, -0.25) is 4.79 Å². The SMILES string of the molecule is N#Cc1c(NC(=O)CC2CCSCC2)sc2c1CCNC2. The van der Waals surface area contributed by atoms with Gasteiger partial charge in [-0.1, -0.05) is 0 Å². The summed E-state index contributed by atoms with van der Waals surface area (Å²) in [7, 11) is 0. The molecule has 0 bridgehead atoms. The fourth-order valence-electron chi connectivity index (χ4n) is 2.93. The van der Waals surface area contributed by atoms with Crippen molar-refractivity contribution in [3.8, 4) is 6.07 Å². The van der Waals surface area contributed by atoms with Gasteiger partial charge < -0.3 is 10.6 Å². The molecule has 21 heavy (non-hydrogen) atoms. The number of fused-ring (bicyclic) bond motifs is 1. The van der Waals surface area contributed by atoms with Crippen LogP contribution in [0, 0.1) is 17.2 Å². The summed E-state index contributed by atoms with van der Waals surface area (Å²) in [5.74, 6) is 2.91. The third-order valence-electron chi connectivity index (χ3n) is 4.11. The Morgan fingerprint density at radius 3 is 3.00 bits per heavy atom. The zero-order valence-corrected chi connectivity index (χ0v) is 13.5. The average molecular weight is 321 g/mol. The van der Waals surface area contributed by atoms with Gasteiger partial charge in [-0.2, -0.15) is 17.0 Å². The van der Waals surface area contributed by atoms with Crippen molar-refractivity contribution in [2.75, 3.05) is 23.4 Å². The molecule has 2 N–H and O–H groups in total. The highest BCUT2D eigenvalue weighted by Gasteiger charge is 2.23. The van der Waals surface area contributed by atoms with Crippen molar-refractivity contribution in [1.29, 1.82) is 5.26 Å². The summed E-state index contributed by atoms with van der Waals surface area (Å²) >= 11 is 3.53. The molecule has 4 nitrogen and oxygen atoms in total. The highest BCUT2D eigenvalue weighted by atomic mass is 32.2. The van der Waals surface area contributed by atoms with Crippen LogP contribution in [0.25, 0.3) is 0 Å². The molecule has 0 unspecified atom stereocenters. The lowest BCUT2D eigenvalue weighted by atomic mass is 9.98. The highest BCUT2D eigenvalue weighted by molar-refractivity contribution is 7.99. The predicted molar refractivity (Wildman–Crippen MR) is 87.7 cm³/mol. The molecule has 0 aromatic carbocycles. The van der Waals surface area contributed by atoms with Crippen LogP contribution >= 0.6 is 23.1 Å². The van der Waals surface area contributed by atoms with Crippen molar-refractivity contribution in [1.82, 2.24) is 5.32 Å². The standard InChI is InChI=1S/C15H19N3OS2/c16-8-12-11-1-4-17-9-13(11)21-15(12)18-14(19)7-10-2-5-20-6-3-10/h10,17H,1-7,9H2,(H,18,19). The number of rotatable bonds is 3. The minimum Gasteiger partial charge on any atom is -0.317 e. The highest BCUT2D eigenvalue weighted by Crippen LogP contribution is 2.35. The van der Waals surface area contributed by atoms with E-state index < -0.39 is 0 Å². The quantitative estimate of drug-likeness (QED) is 0.898. The summed E-state index contributed by atoms with van der Waals surface area (Å²) in [6, 6.07) is 2.28. The van der Waals surface area contributed by atoms with Gasteiger partial charge in [0.25, 0.3) is 0 Å². The number of thiophene rings is 1. The Labute approximate surface area is 133 Å². The molecule has 6 heteroatoms. The van der Waals surface area contributed by atoms with E-state index >= 15 is 0 Å². The fraction of sp³-hybridized carbons (Fsp3) is 0.600. The maximum atomic E-state index is 12.2. The zero-order chi connectivity index (χ0) is 14.7. The lowest BCUT2D eigenvalue weighted by Crippen LogP contribution is -2.22. The van der Waals surface area contributed by atoms with E-state index in [1.165, 1.54) is 16.4 Å². The summed E-state index contributed by atoms with van der Waals surface area (Å²) in [5.41, 5.74) is 1.81. The molecule has 2 aliphatic rings. The molecule has 1 amide bonds. The maximum Gasteiger partial charge on any atom is 0.225 e. The molecule has 0 atom stereocenters. The van der Waals surface area contributed by atoms with Gasteiger partial charge in [0.1, 0.15) is 11.1 Å². The van der Waals surface area contributed by atoms with Gasteiger partial charge in [0, 0.05) is 17.8 Å². The van der Waals surface area contributed by atoms with Gasteiger partial charge in [-0.15, -0.1) is 11.3 Å². The van der Waals surface area contributed by atoms with Gasteiger partial charge >= 0.3 is 0 Å². The van der Waals surface area contributed by atoms with Crippen LogP contribution in [-0.4, -0.2) is 24.0 Å². The van der Waals surface area contributed by atoms with Crippen LogP contribution in [0.5, 0.6) is 0 Å². The molecule has 0 saturated carbocycles. The largest absolute Gasteiger partial charge is 0.317 e. The zero-order valence-electron chi connectivity index (χ0n) is 11.9. The van der Waals surface area contributed by atoms with Crippen LogP contribution in [-0.2, 0) is 17.8 Å². The van der Waals surface area contributed by atoms with Crippen LogP contribution in [0.4, 0.5) is 5.00 Å². The Morgan fingerprint density at radius 1 is 1.43 bits per heavy atom. The van der Waals surface area contributed by atoms with Crippen molar-refractivity contribution >= 4 is 34.0 Å². The molecule has 112 valence electrons. The first-order valence-electron chi connectivity index (χ1n) is 7.41. The van der Waals surface area contributed by atoms with Crippen molar-refractivity contribution in [2.45, 2.75) is 32.2 Å². The summed E-state index contributed by atoms with van der Waals surface area (Å²) in [6.07, 6.45) is 3.73. The summed E-state index contributed by atoms with van der Waals surface area (Å²) in [6.45, 7) is 1.72. The second-order valence-corrected chi connectivity index (χ2v) is 7.88. The van der Waals surface area contributed by atoms with E-state index in [4.69, 9.17) is 0 Å². The number of carbonyl (C=O) groups excluding carboxylic acids is 1. The summed E-state index contributed by atoms with van der Waals surface area (Å²) in [4.78, 5) is 13.4. The number of thioether (sulfide) groups is 1. The van der Waals surface area contributed by atoms with Gasteiger partial charge in [0.2, 0.25) is 5.91 Å². The van der Waals surface area contributed by atoms with Gasteiger partial charge in [0.15, 0.2) is 0 Å². The van der Waals surface area contributed by atoms with Crippen molar-refractivity contribution < 1.29 is 4.79 Å². The molecule has 1 aromatic heterocycles. The van der Waals surface area contributed by atoms with Crippen LogP contribution in [0.3, 0.4) is 0 Å². The number of nitriles is 1. The smallest absolute Gasteiger partial charge is 0.225 e. The normalized spacial score (nSPS) is 18.8. The van der Waals surface area contributed by atoms with Gasteiger partial charge in [-0.05, 0) is 48.8 Å². The van der Waals surface area contributed by atoms with Gasteiger partial charge in [0.05, 0.1) is 5.56 Å². The summed E-state index contributed by atoms with van der Waals surface area (Å²) in [5, 5.41) is 16.4. The van der Waals surface area contributed by atoms with Crippen molar-refractivity contribution in [3.05, 3.63) is 16.0 Å². The minimum absolute atomic E-state index is 0.0648. The Bertz CT molecular complexity index is 570. The molecule has 0 spiro atoms. The first kappa shape index (κ1) is 14.9. The molecule has 3 heterocycles. The second-order valence-electron chi connectivity index (χ2n) is 5.55. The van der Waals surface area contributed by atoms with E-state index in [0.717, 1.165) is 42.9 Å². The van der Waals surface area contributed by atoms with Crippen LogP contribution in [0.15, 0.2) is 0 Å². The minimum atomic E-state index is 0.0648. The Balaban J connectivity index is 1.68. The lowest BCUT2D eigenvalue weighted by Gasteiger charge is -2.20. The van der Waals surface area contributed by atoms with E-state index in [2.05, 4.69) is 16.7 Å². The number of nitrogens with zero attached hydrogens (tertiary/aromatic N) is 1.